The summed E-state index contributed by atoms with van der Waals surface area (Å²) in [6.45, 7) is 0. The lowest BCUT2D eigenvalue weighted by atomic mass is 10.0. The second kappa shape index (κ2) is 17.3. The van der Waals surface area contributed by atoms with E-state index in [0.717, 1.165) is 105 Å². The van der Waals surface area contributed by atoms with Gasteiger partial charge in [-0.1, -0.05) is 206 Å². The van der Waals surface area contributed by atoms with Gasteiger partial charge in [0.15, 0.2) is 11.6 Å². The monoisotopic (exact) mass is 956 g/mol. The van der Waals surface area contributed by atoms with E-state index in [9.17, 15) is 0 Å². The highest BCUT2D eigenvalue weighted by molar-refractivity contribution is 6.24. The van der Waals surface area contributed by atoms with Gasteiger partial charge < -0.3 is 9.13 Å². The molecular weight excluding hydrogens is 913 g/mol. The average Bonchev–Trinajstić information content (AvgIpc) is 4.24. The third kappa shape index (κ3) is 6.99. The minimum Gasteiger partial charge on any atom is -0.309 e. The van der Waals surface area contributed by atoms with Crippen LogP contribution in [0.1, 0.15) is 0 Å². The van der Waals surface area contributed by atoms with E-state index < -0.39 is 0 Å². The van der Waals surface area contributed by atoms with Crippen molar-refractivity contribution in [1.82, 2.24) is 28.7 Å². The molecule has 0 unspecified atom stereocenters. The molecule has 0 aliphatic carbocycles. The predicted octanol–water partition coefficient (Wildman–Crippen LogP) is 17.5. The molecule has 11 aromatic carbocycles. The first kappa shape index (κ1) is 42.5. The maximum absolute atomic E-state index is 5.58. The standard InChI is InChI=1S/C69H44N6/c1-4-18-45(19-5-1)48-34-36-53(37-35-48)74-63-33-15-12-30-57(63)58-39-40-59-60-44-54(73-61-31-13-10-28-55(61)56-29-11-14-32-62(56)73)38-41-64(60)75(66(59)65(58)74)69-71-67(51-26-16-24-49(42-51)46-20-6-2-7-21-46)70-68(72-69)52-27-17-25-50(43-52)47-22-8-3-9-23-47/h1-44H. The normalized spacial score (nSPS) is 11.7. The molecule has 0 saturated heterocycles. The van der Waals surface area contributed by atoms with E-state index in [1.165, 1.54) is 16.3 Å². The van der Waals surface area contributed by atoms with Crippen molar-refractivity contribution in [2.45, 2.75) is 0 Å². The fourth-order valence-electron chi connectivity index (χ4n) is 11.4. The molecule has 0 aliphatic rings. The van der Waals surface area contributed by atoms with Crippen molar-refractivity contribution in [3.63, 3.8) is 0 Å². The average molecular weight is 957 g/mol. The summed E-state index contributed by atoms with van der Waals surface area (Å²) in [6, 6.07) is 95.2. The minimum atomic E-state index is 0.526. The Morgan fingerprint density at radius 3 is 1.15 bits per heavy atom. The van der Waals surface area contributed by atoms with Crippen molar-refractivity contribution in [3.8, 4) is 73.5 Å². The summed E-state index contributed by atoms with van der Waals surface area (Å²) in [5.41, 5.74) is 17.2. The van der Waals surface area contributed by atoms with Crippen molar-refractivity contribution in [1.29, 1.82) is 0 Å². The molecule has 4 aromatic heterocycles. The number of hydrogen-bond donors (Lipinski definition) is 0. The van der Waals surface area contributed by atoms with Crippen LogP contribution >= 0.6 is 0 Å². The van der Waals surface area contributed by atoms with Crippen molar-refractivity contribution in [3.05, 3.63) is 267 Å². The second-order valence-corrected chi connectivity index (χ2v) is 19.2. The summed E-state index contributed by atoms with van der Waals surface area (Å²) >= 11 is 0. The topological polar surface area (TPSA) is 53.5 Å². The predicted molar refractivity (Wildman–Crippen MR) is 310 cm³/mol. The molecule has 75 heavy (non-hydrogen) atoms. The van der Waals surface area contributed by atoms with E-state index in [4.69, 9.17) is 15.0 Å². The molecule has 350 valence electrons. The Labute approximate surface area is 432 Å². The summed E-state index contributed by atoms with van der Waals surface area (Å²) in [6.07, 6.45) is 0. The zero-order valence-corrected chi connectivity index (χ0v) is 40.6. The fourth-order valence-corrected chi connectivity index (χ4v) is 11.4. The summed E-state index contributed by atoms with van der Waals surface area (Å²) in [7, 11) is 0. The van der Waals surface area contributed by atoms with Crippen LogP contribution in [-0.2, 0) is 0 Å². The van der Waals surface area contributed by atoms with E-state index in [2.05, 4.69) is 281 Å². The minimum absolute atomic E-state index is 0.526. The molecule has 0 aliphatic heterocycles. The molecule has 0 N–H and O–H groups in total. The van der Waals surface area contributed by atoms with Crippen LogP contribution in [0.3, 0.4) is 0 Å². The molecule has 15 rings (SSSR count). The van der Waals surface area contributed by atoms with E-state index in [-0.39, 0.29) is 0 Å². The highest BCUT2D eigenvalue weighted by Crippen LogP contribution is 2.43. The Morgan fingerprint density at radius 1 is 0.213 bits per heavy atom. The van der Waals surface area contributed by atoms with Gasteiger partial charge in [0.25, 0.3) is 0 Å². The summed E-state index contributed by atoms with van der Waals surface area (Å²) in [5, 5.41) is 6.92. The number of benzene rings is 11. The lowest BCUT2D eigenvalue weighted by Gasteiger charge is -2.14. The van der Waals surface area contributed by atoms with Crippen LogP contribution in [0.4, 0.5) is 0 Å². The van der Waals surface area contributed by atoms with Gasteiger partial charge in [-0.3, -0.25) is 4.57 Å². The number of hydrogen-bond acceptors (Lipinski definition) is 3. The quantitative estimate of drug-likeness (QED) is 0.152. The molecule has 0 saturated carbocycles. The van der Waals surface area contributed by atoms with Crippen LogP contribution in [0.15, 0.2) is 267 Å². The van der Waals surface area contributed by atoms with Crippen LogP contribution in [0.5, 0.6) is 0 Å². The number of para-hydroxylation sites is 3. The van der Waals surface area contributed by atoms with Crippen LogP contribution in [0, 0.1) is 0 Å². The molecule has 0 spiro atoms. The Kier molecular flexibility index (Phi) is 9.78. The third-order valence-electron chi connectivity index (χ3n) is 14.9. The third-order valence-corrected chi connectivity index (χ3v) is 14.9. The van der Waals surface area contributed by atoms with Gasteiger partial charge in [-0.25, -0.2) is 4.98 Å². The van der Waals surface area contributed by atoms with Crippen LogP contribution in [0.2, 0.25) is 0 Å². The van der Waals surface area contributed by atoms with Gasteiger partial charge in [0.1, 0.15) is 0 Å². The number of fused-ring (bicyclic) bond motifs is 10. The molecule has 15 aromatic rings. The number of nitrogens with zero attached hydrogens (tertiary/aromatic N) is 6. The molecule has 0 atom stereocenters. The summed E-state index contributed by atoms with van der Waals surface area (Å²) < 4.78 is 7.13. The zero-order valence-electron chi connectivity index (χ0n) is 40.6. The first-order valence-electron chi connectivity index (χ1n) is 25.4. The molecule has 6 nitrogen and oxygen atoms in total. The molecule has 0 fully saturated rings. The fraction of sp³-hybridized carbons (Fsp3) is 0. The Bertz CT molecular complexity index is 4530. The van der Waals surface area contributed by atoms with Gasteiger partial charge in [0.2, 0.25) is 5.95 Å². The lowest BCUT2D eigenvalue weighted by molar-refractivity contribution is 0.953. The van der Waals surface area contributed by atoms with Crippen LogP contribution < -0.4 is 0 Å². The van der Waals surface area contributed by atoms with Gasteiger partial charge in [-0.15, -0.1) is 0 Å². The van der Waals surface area contributed by atoms with Gasteiger partial charge in [0, 0.05) is 54.8 Å². The highest BCUT2D eigenvalue weighted by atomic mass is 15.2. The second-order valence-electron chi connectivity index (χ2n) is 19.2. The van der Waals surface area contributed by atoms with Gasteiger partial charge in [-0.05, 0) is 94.0 Å². The highest BCUT2D eigenvalue weighted by Gasteiger charge is 2.25. The first-order valence-corrected chi connectivity index (χ1v) is 25.4. The van der Waals surface area contributed by atoms with Crippen LogP contribution in [-0.4, -0.2) is 28.7 Å². The molecule has 0 amide bonds. The van der Waals surface area contributed by atoms with Gasteiger partial charge >= 0.3 is 0 Å². The van der Waals surface area contributed by atoms with Gasteiger partial charge in [0.05, 0.1) is 33.1 Å². The Balaban J connectivity index is 1.05. The first-order chi connectivity index (χ1) is 37.2. The largest absolute Gasteiger partial charge is 0.309 e. The van der Waals surface area contributed by atoms with Crippen molar-refractivity contribution >= 4 is 65.4 Å². The molecule has 6 heteroatoms. The van der Waals surface area contributed by atoms with Crippen molar-refractivity contribution < 1.29 is 0 Å². The maximum atomic E-state index is 5.58. The van der Waals surface area contributed by atoms with Crippen molar-refractivity contribution in [2.24, 2.45) is 0 Å². The Hall–Kier alpha value is -10.2. The molecular formula is C69H44N6. The zero-order chi connectivity index (χ0) is 49.4. The van der Waals surface area contributed by atoms with E-state index in [1.807, 2.05) is 0 Å². The molecule has 4 heterocycles. The molecule has 0 bridgehead atoms. The number of rotatable bonds is 8. The summed E-state index contributed by atoms with van der Waals surface area (Å²) in [5.74, 6) is 1.69. The lowest BCUT2D eigenvalue weighted by Crippen LogP contribution is -2.07. The summed E-state index contributed by atoms with van der Waals surface area (Å²) in [4.78, 5) is 16.5. The van der Waals surface area contributed by atoms with E-state index in [1.54, 1.807) is 0 Å². The van der Waals surface area contributed by atoms with Crippen molar-refractivity contribution in [2.75, 3.05) is 0 Å². The van der Waals surface area contributed by atoms with E-state index in [0.29, 0.717) is 17.6 Å². The molecule has 0 radical (unpaired) electrons. The van der Waals surface area contributed by atoms with Crippen LogP contribution in [0.25, 0.3) is 139 Å². The SMILES string of the molecule is c1ccc(-c2ccc(-n3c4ccccc4c4ccc5c6cc(-n7c8ccccc8c8ccccc87)ccc6n(-c6nc(-c7cccc(-c8ccccc8)c7)nc(-c7cccc(-c8ccccc8)c7)n6)c5c43)cc2)cc1. The van der Waals surface area contributed by atoms with E-state index >= 15 is 0 Å². The Morgan fingerprint density at radius 2 is 0.600 bits per heavy atom. The van der Waals surface area contributed by atoms with Gasteiger partial charge in [-0.2, -0.15) is 9.97 Å². The smallest absolute Gasteiger partial charge is 0.238 e. The maximum Gasteiger partial charge on any atom is 0.238 e. The number of aromatic nitrogens is 6.